The van der Waals surface area contributed by atoms with Crippen LogP contribution < -0.4 is 10.1 Å². The Kier molecular flexibility index (Phi) is 6.32. The average Bonchev–Trinajstić information content (AvgIpc) is 2.96. The first-order valence-electron chi connectivity index (χ1n) is 10.5. The van der Waals surface area contributed by atoms with Crippen molar-refractivity contribution < 1.29 is 14.3 Å². The van der Waals surface area contributed by atoms with Crippen LogP contribution in [0.25, 0.3) is 0 Å². The van der Waals surface area contributed by atoms with E-state index in [0.29, 0.717) is 30.9 Å². The summed E-state index contributed by atoms with van der Waals surface area (Å²) in [5.41, 5.74) is 3.65. The van der Waals surface area contributed by atoms with Gasteiger partial charge in [0.1, 0.15) is 5.75 Å². The fourth-order valence-electron chi connectivity index (χ4n) is 3.70. The van der Waals surface area contributed by atoms with Gasteiger partial charge in [-0.3, -0.25) is 9.59 Å². The van der Waals surface area contributed by atoms with E-state index in [9.17, 15) is 9.59 Å². The predicted octanol–water partition coefficient (Wildman–Crippen LogP) is 4.14. The average molecular weight is 415 g/mol. The number of nitrogens with zero attached hydrogens (tertiary/aromatic N) is 1. The summed E-state index contributed by atoms with van der Waals surface area (Å²) in [5.74, 6) is 0.671. The fraction of sp³-hybridized carbons (Fsp3) is 0.231. The maximum absolute atomic E-state index is 12.8. The zero-order valence-electron chi connectivity index (χ0n) is 17.6. The maximum Gasteiger partial charge on any atom is 0.261 e. The first-order valence-corrected chi connectivity index (χ1v) is 10.5. The normalized spacial score (nSPS) is 14.2. The molecule has 5 heteroatoms. The van der Waals surface area contributed by atoms with Crippen molar-refractivity contribution in [2.45, 2.75) is 25.9 Å². The number of nitrogens with one attached hydrogen (secondary N) is 1. The van der Waals surface area contributed by atoms with Gasteiger partial charge in [-0.1, -0.05) is 67.6 Å². The molecule has 1 aliphatic heterocycles. The molecule has 3 aromatic rings. The summed E-state index contributed by atoms with van der Waals surface area (Å²) in [6, 6.07) is 25.3. The standard InChI is InChI=1S/C26H26N2O3/c1-19(21-10-6-3-7-11-21)15-27-26(30)22-12-13-24-23(14-22)17-28(25(29)18-31-24)16-20-8-4-2-5-9-20/h2-14,19H,15-18H2,1H3,(H,27,30)/t19-/m0/s1. The van der Waals surface area contributed by atoms with E-state index in [2.05, 4.69) is 24.4 Å². The van der Waals surface area contributed by atoms with E-state index in [4.69, 9.17) is 4.74 Å². The SMILES string of the molecule is C[C@@H](CNC(=O)c1ccc2c(c1)CN(Cc1ccccc1)C(=O)CO2)c1ccccc1. The molecule has 4 rings (SSSR count). The molecule has 0 saturated carbocycles. The molecule has 1 heterocycles. The highest BCUT2D eigenvalue weighted by Gasteiger charge is 2.23. The second-order valence-electron chi connectivity index (χ2n) is 7.87. The van der Waals surface area contributed by atoms with Gasteiger partial charge in [0.25, 0.3) is 11.8 Å². The largest absolute Gasteiger partial charge is 0.483 e. The van der Waals surface area contributed by atoms with E-state index >= 15 is 0 Å². The van der Waals surface area contributed by atoms with Crippen LogP contribution in [0.1, 0.15) is 39.9 Å². The lowest BCUT2D eigenvalue weighted by Gasteiger charge is -2.20. The van der Waals surface area contributed by atoms with Crippen molar-refractivity contribution in [2.24, 2.45) is 0 Å². The molecule has 31 heavy (non-hydrogen) atoms. The van der Waals surface area contributed by atoms with Gasteiger partial charge in [0.05, 0.1) is 0 Å². The third-order valence-corrected chi connectivity index (χ3v) is 5.54. The van der Waals surface area contributed by atoms with Gasteiger partial charge in [-0.05, 0) is 35.2 Å². The molecule has 0 spiro atoms. The van der Waals surface area contributed by atoms with E-state index < -0.39 is 0 Å². The lowest BCUT2D eigenvalue weighted by Crippen LogP contribution is -2.32. The minimum absolute atomic E-state index is 0.0000327. The lowest BCUT2D eigenvalue weighted by atomic mass is 10.0. The lowest BCUT2D eigenvalue weighted by molar-refractivity contribution is -0.133. The zero-order valence-corrected chi connectivity index (χ0v) is 17.6. The third kappa shape index (κ3) is 5.12. The molecular formula is C26H26N2O3. The molecule has 0 fully saturated rings. The number of hydrogen-bond donors (Lipinski definition) is 1. The number of hydrogen-bond acceptors (Lipinski definition) is 3. The van der Waals surface area contributed by atoms with Crippen LogP contribution in [0.2, 0.25) is 0 Å². The summed E-state index contributed by atoms with van der Waals surface area (Å²) in [7, 11) is 0. The number of rotatable bonds is 6. The number of carbonyl (C=O) groups is 2. The van der Waals surface area contributed by atoms with E-state index in [1.165, 1.54) is 5.56 Å². The first kappa shape index (κ1) is 20.7. The van der Waals surface area contributed by atoms with Gasteiger partial charge in [-0.2, -0.15) is 0 Å². The Morgan fingerprint density at radius 2 is 1.74 bits per heavy atom. The summed E-state index contributed by atoms with van der Waals surface area (Å²) in [6.45, 7) is 3.56. The van der Waals surface area contributed by atoms with Crippen LogP contribution in [0, 0.1) is 0 Å². The second-order valence-corrected chi connectivity index (χ2v) is 7.87. The van der Waals surface area contributed by atoms with Gasteiger partial charge >= 0.3 is 0 Å². The van der Waals surface area contributed by atoms with E-state index in [1.807, 2.05) is 54.6 Å². The van der Waals surface area contributed by atoms with Crippen molar-refractivity contribution in [3.63, 3.8) is 0 Å². The molecule has 0 aromatic heterocycles. The van der Waals surface area contributed by atoms with Crippen LogP contribution in [0.4, 0.5) is 0 Å². The fourth-order valence-corrected chi connectivity index (χ4v) is 3.70. The van der Waals surface area contributed by atoms with Crippen LogP contribution in [0.3, 0.4) is 0 Å². The minimum atomic E-state index is -0.129. The summed E-state index contributed by atoms with van der Waals surface area (Å²) < 4.78 is 5.70. The van der Waals surface area contributed by atoms with Gasteiger partial charge in [0, 0.05) is 30.8 Å². The summed E-state index contributed by atoms with van der Waals surface area (Å²) in [4.78, 5) is 27.1. The summed E-state index contributed by atoms with van der Waals surface area (Å²) in [6.07, 6.45) is 0. The summed E-state index contributed by atoms with van der Waals surface area (Å²) >= 11 is 0. The number of benzene rings is 3. The molecule has 0 radical (unpaired) electrons. The van der Waals surface area contributed by atoms with E-state index in [0.717, 1.165) is 11.1 Å². The van der Waals surface area contributed by atoms with Crippen LogP contribution in [0.5, 0.6) is 5.75 Å². The quantitative estimate of drug-likeness (QED) is 0.660. The van der Waals surface area contributed by atoms with Crippen molar-refractivity contribution in [2.75, 3.05) is 13.2 Å². The Labute approximate surface area is 182 Å². The maximum atomic E-state index is 12.8. The highest BCUT2D eigenvalue weighted by molar-refractivity contribution is 5.94. The number of fused-ring (bicyclic) bond motifs is 1. The molecule has 1 atom stereocenters. The van der Waals surface area contributed by atoms with Gasteiger partial charge in [-0.15, -0.1) is 0 Å². The van der Waals surface area contributed by atoms with Crippen molar-refractivity contribution in [3.05, 3.63) is 101 Å². The van der Waals surface area contributed by atoms with Gasteiger partial charge < -0.3 is 15.0 Å². The number of carbonyl (C=O) groups excluding carboxylic acids is 2. The van der Waals surface area contributed by atoms with Gasteiger partial charge in [0.2, 0.25) is 0 Å². The highest BCUT2D eigenvalue weighted by atomic mass is 16.5. The molecule has 0 unspecified atom stereocenters. The minimum Gasteiger partial charge on any atom is -0.483 e. The van der Waals surface area contributed by atoms with Crippen molar-refractivity contribution in [1.29, 1.82) is 0 Å². The van der Waals surface area contributed by atoms with Crippen LogP contribution >= 0.6 is 0 Å². The molecule has 1 N–H and O–H groups in total. The smallest absolute Gasteiger partial charge is 0.261 e. The Morgan fingerprint density at radius 3 is 2.48 bits per heavy atom. The highest BCUT2D eigenvalue weighted by Crippen LogP contribution is 2.26. The van der Waals surface area contributed by atoms with E-state index in [1.54, 1.807) is 17.0 Å². The molecule has 0 saturated heterocycles. The summed E-state index contributed by atoms with van der Waals surface area (Å²) in [5, 5.41) is 3.02. The molecule has 2 amide bonds. The topological polar surface area (TPSA) is 58.6 Å². The van der Waals surface area contributed by atoms with Crippen LogP contribution in [0.15, 0.2) is 78.9 Å². The molecular weight excluding hydrogens is 388 g/mol. The molecule has 3 aromatic carbocycles. The molecule has 158 valence electrons. The zero-order chi connectivity index (χ0) is 21.6. The monoisotopic (exact) mass is 414 g/mol. The molecule has 1 aliphatic rings. The van der Waals surface area contributed by atoms with Gasteiger partial charge in [0.15, 0.2) is 6.61 Å². The number of amides is 2. The Bertz CT molecular complexity index is 1050. The van der Waals surface area contributed by atoms with Gasteiger partial charge in [-0.25, -0.2) is 0 Å². The predicted molar refractivity (Wildman–Crippen MR) is 120 cm³/mol. The number of ether oxygens (including phenoxy) is 1. The Morgan fingerprint density at radius 1 is 1.03 bits per heavy atom. The van der Waals surface area contributed by atoms with Crippen molar-refractivity contribution in [3.8, 4) is 5.75 Å². The van der Waals surface area contributed by atoms with Crippen molar-refractivity contribution in [1.82, 2.24) is 10.2 Å². The first-order chi connectivity index (χ1) is 15.1. The Hall–Kier alpha value is -3.60. The van der Waals surface area contributed by atoms with E-state index in [-0.39, 0.29) is 24.3 Å². The molecule has 5 nitrogen and oxygen atoms in total. The molecule has 0 bridgehead atoms. The third-order valence-electron chi connectivity index (χ3n) is 5.54. The molecule has 0 aliphatic carbocycles. The van der Waals surface area contributed by atoms with Crippen LogP contribution in [-0.4, -0.2) is 29.9 Å². The van der Waals surface area contributed by atoms with Crippen LogP contribution in [-0.2, 0) is 17.9 Å². The van der Waals surface area contributed by atoms with Crippen molar-refractivity contribution >= 4 is 11.8 Å². The Balaban J connectivity index is 1.45. The second kappa shape index (κ2) is 9.47.